The number of amides is 5. The number of nitrogens with zero attached hydrogens (tertiary/aromatic N) is 1. The summed E-state index contributed by atoms with van der Waals surface area (Å²) in [7, 11) is 0. The summed E-state index contributed by atoms with van der Waals surface area (Å²) in [5.41, 5.74) is 17.0. The van der Waals surface area contributed by atoms with Crippen LogP contribution in [0.2, 0.25) is 0 Å². The molecule has 284 valence electrons. The van der Waals surface area contributed by atoms with Gasteiger partial charge in [0.05, 0.1) is 6.42 Å². The van der Waals surface area contributed by atoms with Gasteiger partial charge in [-0.1, -0.05) is 30.3 Å². The first-order chi connectivity index (χ1) is 23.8. The van der Waals surface area contributed by atoms with Crippen LogP contribution in [-0.2, 0) is 40.0 Å². The third-order valence-electron chi connectivity index (χ3n) is 7.08. The van der Waals surface area contributed by atoms with Gasteiger partial charge >= 0.3 is 18.1 Å². The van der Waals surface area contributed by atoms with Crippen LogP contribution in [0, 0.1) is 0 Å². The zero-order valence-corrected chi connectivity index (χ0v) is 27.7. The van der Waals surface area contributed by atoms with Gasteiger partial charge in [0.25, 0.3) is 0 Å². The van der Waals surface area contributed by atoms with Crippen LogP contribution in [-0.4, -0.2) is 107 Å². The van der Waals surface area contributed by atoms with Gasteiger partial charge in [-0.15, -0.1) is 0 Å². The molecule has 1 aromatic rings. The summed E-state index contributed by atoms with van der Waals surface area (Å²) in [4.78, 5) is 90.9. The number of carboxylic acids is 2. The molecule has 0 saturated carbocycles. The Bertz CT molecular complexity index is 1390. The molecule has 1 heterocycles. The number of guanidine groups is 1. The van der Waals surface area contributed by atoms with Gasteiger partial charge in [0.1, 0.15) is 30.2 Å². The molecule has 0 spiro atoms. The van der Waals surface area contributed by atoms with Gasteiger partial charge in [0, 0.05) is 13.0 Å². The summed E-state index contributed by atoms with van der Waals surface area (Å²) < 4.78 is 31.7. The van der Waals surface area contributed by atoms with Crippen LogP contribution in [0.3, 0.4) is 0 Å². The quantitative estimate of drug-likeness (QED) is 0.0633. The molecule has 21 heteroatoms. The third kappa shape index (κ3) is 17.2. The van der Waals surface area contributed by atoms with Gasteiger partial charge in [0.15, 0.2) is 5.96 Å². The third-order valence-corrected chi connectivity index (χ3v) is 7.08. The Morgan fingerprint density at radius 3 is 1.73 bits per heavy atom. The van der Waals surface area contributed by atoms with E-state index < -0.39 is 84.3 Å². The van der Waals surface area contributed by atoms with E-state index in [-0.39, 0.29) is 31.8 Å². The number of benzene rings is 1. The molecular formula is C30H44F3N9O9. The fraction of sp³-hybridized carbons (Fsp3) is 0.533. The Labute approximate surface area is 290 Å². The maximum absolute atomic E-state index is 13.6. The minimum Gasteiger partial charge on any atom is -0.481 e. The van der Waals surface area contributed by atoms with Crippen LogP contribution < -0.4 is 43.8 Å². The van der Waals surface area contributed by atoms with Crippen molar-refractivity contribution in [2.24, 2.45) is 22.2 Å². The monoisotopic (exact) mass is 731 g/mol. The highest BCUT2D eigenvalue weighted by Crippen LogP contribution is 2.13. The van der Waals surface area contributed by atoms with Gasteiger partial charge in [0.2, 0.25) is 29.5 Å². The zero-order chi connectivity index (χ0) is 38.7. The van der Waals surface area contributed by atoms with Crippen molar-refractivity contribution in [1.29, 1.82) is 0 Å². The number of unbranched alkanes of at least 4 members (excludes halogenated alkanes) is 1. The number of hydrogen-bond acceptors (Lipinski definition) is 9. The SMILES string of the molecule is CC1NC(=O)C(CCCN=C(N)N)NC(=O)C(CCCCN)NC(=O)C(Cc2ccccc2)NC(=O)C(CC(=O)O)NC1=O.O=C(O)C(F)(F)F. The van der Waals surface area contributed by atoms with Crippen molar-refractivity contribution in [3.05, 3.63) is 35.9 Å². The maximum Gasteiger partial charge on any atom is 0.490 e. The standard InChI is InChI=1S/C28H43N9O7.C2HF3O2/c1-16-23(40)36-21(15-22(38)39)27(44)37-20(14-17-8-3-2-4-9-17)26(43)35-18(10-5-6-12-29)25(42)34-19(24(41)33-16)11-7-13-32-28(30)31;3-2(4,5)1(6)7/h2-4,8-9,16,18-21H,5-7,10-15,29H2,1H3,(H,33,41)(H,34,42)(H,35,43)(H,36,40)(H,37,44)(H,38,39)(H4,30,31,32);(H,6,7). The number of rotatable bonds is 12. The van der Waals surface area contributed by atoms with Crippen LogP contribution in [0.5, 0.6) is 0 Å². The Balaban J connectivity index is 0.00000167. The molecular weight excluding hydrogens is 687 g/mol. The van der Waals surface area contributed by atoms with Crippen molar-refractivity contribution in [2.45, 2.75) is 88.3 Å². The number of aliphatic imine (C=N–C) groups is 1. The van der Waals surface area contributed by atoms with Crippen molar-refractivity contribution in [3.63, 3.8) is 0 Å². The molecule has 13 N–H and O–H groups in total. The van der Waals surface area contributed by atoms with Gasteiger partial charge in [-0.05, 0) is 51.1 Å². The molecule has 1 fully saturated rings. The van der Waals surface area contributed by atoms with Gasteiger partial charge in [-0.25, -0.2) is 4.79 Å². The molecule has 2 rings (SSSR count). The second kappa shape index (κ2) is 21.6. The first kappa shape index (κ1) is 43.6. The summed E-state index contributed by atoms with van der Waals surface area (Å²) in [6.07, 6.45) is -4.26. The highest BCUT2D eigenvalue weighted by Gasteiger charge is 2.38. The van der Waals surface area contributed by atoms with Crippen LogP contribution in [0.4, 0.5) is 13.2 Å². The highest BCUT2D eigenvalue weighted by molar-refractivity contribution is 5.98. The summed E-state index contributed by atoms with van der Waals surface area (Å²) >= 11 is 0. The minimum absolute atomic E-state index is 0.00709. The predicted molar refractivity (Wildman–Crippen MR) is 174 cm³/mol. The molecule has 5 atom stereocenters. The summed E-state index contributed by atoms with van der Waals surface area (Å²) in [5, 5.41) is 29.3. The largest absolute Gasteiger partial charge is 0.490 e. The number of aliphatic carboxylic acids is 2. The number of carbonyl (C=O) groups excluding carboxylic acids is 5. The van der Waals surface area contributed by atoms with Crippen molar-refractivity contribution in [1.82, 2.24) is 26.6 Å². The predicted octanol–water partition coefficient (Wildman–Crippen LogP) is -2.02. The first-order valence-electron chi connectivity index (χ1n) is 15.7. The van der Waals surface area contributed by atoms with E-state index in [1.807, 2.05) is 0 Å². The number of halogens is 3. The summed E-state index contributed by atoms with van der Waals surface area (Å²) in [5.74, 6) is -8.13. The van der Waals surface area contributed by atoms with Crippen LogP contribution in [0.1, 0.15) is 51.0 Å². The molecule has 0 bridgehead atoms. The Kier molecular flexibility index (Phi) is 18.4. The molecule has 0 radical (unpaired) electrons. The lowest BCUT2D eigenvalue weighted by Gasteiger charge is -2.26. The van der Waals surface area contributed by atoms with E-state index in [4.69, 9.17) is 27.1 Å². The molecule has 1 aromatic carbocycles. The summed E-state index contributed by atoms with van der Waals surface area (Å²) in [6.45, 7) is 1.87. The van der Waals surface area contributed by atoms with Crippen molar-refractivity contribution >= 4 is 47.4 Å². The number of carboxylic acid groups (broad SMARTS) is 2. The van der Waals surface area contributed by atoms with E-state index >= 15 is 0 Å². The zero-order valence-electron chi connectivity index (χ0n) is 27.7. The fourth-order valence-electron chi connectivity index (χ4n) is 4.47. The molecule has 1 aliphatic rings. The second-order valence-corrected chi connectivity index (χ2v) is 11.3. The Morgan fingerprint density at radius 2 is 1.22 bits per heavy atom. The van der Waals surface area contributed by atoms with Gasteiger partial charge in [-0.2, -0.15) is 13.2 Å². The van der Waals surface area contributed by atoms with Crippen LogP contribution in [0.25, 0.3) is 0 Å². The maximum atomic E-state index is 13.6. The van der Waals surface area contributed by atoms with E-state index in [9.17, 15) is 47.0 Å². The fourth-order valence-corrected chi connectivity index (χ4v) is 4.47. The van der Waals surface area contributed by atoms with E-state index in [2.05, 4.69) is 31.6 Å². The smallest absolute Gasteiger partial charge is 0.481 e. The molecule has 5 unspecified atom stereocenters. The molecule has 18 nitrogen and oxygen atoms in total. The van der Waals surface area contributed by atoms with Crippen molar-refractivity contribution in [2.75, 3.05) is 13.1 Å². The second-order valence-electron chi connectivity index (χ2n) is 11.3. The van der Waals surface area contributed by atoms with E-state index in [0.29, 0.717) is 31.4 Å². The summed E-state index contributed by atoms with van der Waals surface area (Å²) in [6, 6.07) is 2.49. The number of nitrogens with one attached hydrogen (secondary N) is 5. The number of carbonyl (C=O) groups is 7. The molecule has 0 aliphatic carbocycles. The first-order valence-corrected chi connectivity index (χ1v) is 15.7. The van der Waals surface area contributed by atoms with Crippen LogP contribution >= 0.6 is 0 Å². The van der Waals surface area contributed by atoms with Crippen molar-refractivity contribution < 1.29 is 56.9 Å². The molecule has 1 saturated heterocycles. The molecule has 51 heavy (non-hydrogen) atoms. The average Bonchev–Trinajstić information content (AvgIpc) is 3.04. The molecule has 5 amide bonds. The molecule has 0 aromatic heterocycles. The number of nitrogens with two attached hydrogens (primary N) is 3. The van der Waals surface area contributed by atoms with Gasteiger partial charge in [-0.3, -0.25) is 33.8 Å². The minimum atomic E-state index is -5.08. The lowest BCUT2D eigenvalue weighted by Crippen LogP contribution is -2.58. The lowest BCUT2D eigenvalue weighted by atomic mass is 10.0. The van der Waals surface area contributed by atoms with E-state index in [0.717, 1.165) is 0 Å². The Morgan fingerprint density at radius 1 is 0.745 bits per heavy atom. The van der Waals surface area contributed by atoms with Crippen molar-refractivity contribution in [3.8, 4) is 0 Å². The molecule has 1 aliphatic heterocycles. The average molecular weight is 732 g/mol. The Hall–Kier alpha value is -5.47. The lowest BCUT2D eigenvalue weighted by molar-refractivity contribution is -0.192. The number of hydrogen-bond donors (Lipinski definition) is 10. The topological polar surface area (TPSA) is 311 Å². The normalized spacial score (nSPS) is 21.8. The highest BCUT2D eigenvalue weighted by atomic mass is 19.4. The van der Waals surface area contributed by atoms with Crippen LogP contribution in [0.15, 0.2) is 35.3 Å². The van der Waals surface area contributed by atoms with E-state index in [1.54, 1.807) is 30.3 Å². The van der Waals surface area contributed by atoms with E-state index in [1.165, 1.54) is 6.92 Å². The van der Waals surface area contributed by atoms with Gasteiger partial charge < -0.3 is 54.0 Å². The number of alkyl halides is 3.